The van der Waals surface area contributed by atoms with Crippen molar-refractivity contribution in [2.75, 3.05) is 9.80 Å². The van der Waals surface area contributed by atoms with E-state index in [1.54, 1.807) is 0 Å². The molecule has 17 aromatic rings. The van der Waals surface area contributed by atoms with E-state index in [4.69, 9.17) is 0 Å². The maximum absolute atomic E-state index is 2.79. The van der Waals surface area contributed by atoms with Crippen molar-refractivity contribution in [1.82, 2.24) is 9.13 Å². The quantitative estimate of drug-likeness (QED) is 0.127. The summed E-state index contributed by atoms with van der Waals surface area (Å²) >= 11 is 0. The van der Waals surface area contributed by atoms with E-state index in [9.17, 15) is 0 Å². The predicted molar refractivity (Wildman–Crippen MR) is 533 cm³/mol. The van der Waals surface area contributed by atoms with Gasteiger partial charge in [-0.1, -0.05) is 352 Å². The van der Waals surface area contributed by atoms with Gasteiger partial charge in [-0.15, -0.1) is 0 Å². The molecule has 0 amide bonds. The fraction of sp³-hybridized carbons (Fsp3) is 0.237. The number of hydrogen-bond acceptors (Lipinski definition) is 2. The maximum atomic E-state index is 2.79. The minimum absolute atomic E-state index is 0.0827. The molecule has 0 unspecified atom stereocenters. The van der Waals surface area contributed by atoms with Crippen molar-refractivity contribution in [1.29, 1.82) is 0 Å². The van der Waals surface area contributed by atoms with Gasteiger partial charge in [-0.2, -0.15) is 0 Å². The summed E-state index contributed by atoms with van der Waals surface area (Å²) in [5, 5.41) is 4.76. The Bertz CT molecular complexity index is 6430. The van der Waals surface area contributed by atoms with Crippen LogP contribution >= 0.6 is 0 Å². The van der Waals surface area contributed by atoms with Crippen molar-refractivity contribution in [3.8, 4) is 78.1 Å². The van der Waals surface area contributed by atoms with Crippen molar-refractivity contribution < 1.29 is 0 Å². The second-order valence-electron chi connectivity index (χ2n) is 42.3. The first-order chi connectivity index (χ1) is 58.4. The molecule has 2 aromatic heterocycles. The lowest BCUT2D eigenvalue weighted by Gasteiger charge is -2.46. The fourth-order valence-electron chi connectivity index (χ4n) is 19.3. The summed E-state index contributed by atoms with van der Waals surface area (Å²) in [6, 6.07) is 123. The standard InChI is InChI=1S/C118H115BN4/c1-112(2,3)82-56-80(57-83(62-82)113(4,5)6)78-52-54-101-95(60-78)97-70-105-99(72-103(97)120(101)89-48-36-26-37-49-89)119-100-73-104-98(96-61-79(53-55-102(96)121(104)90-50-38-27-39-51-90)81-58-84(114(7,8)9)63-85(59-81)115(10,11)12)71-106(100)123(111-93(76-44-32-24-33-45-76)66-87(117(16,17)18)67-94(111)77-46-34-25-35-47-77)108-69-88(118(19,20)21)68-107(109(108)119)122(105)110-91(74-40-28-22-29-41-74)64-86(116(13,14)15)65-92(110)75-42-30-23-31-43-75/h22-73H,1-21H3. The zero-order chi connectivity index (χ0) is 86.1. The van der Waals surface area contributed by atoms with E-state index >= 15 is 0 Å². The van der Waals surface area contributed by atoms with E-state index in [1.807, 2.05) is 0 Å². The largest absolute Gasteiger partial charge is 0.310 e. The van der Waals surface area contributed by atoms with Gasteiger partial charge in [-0.3, -0.25) is 0 Å². The van der Waals surface area contributed by atoms with Crippen LogP contribution in [-0.2, 0) is 37.9 Å². The van der Waals surface area contributed by atoms with Crippen LogP contribution in [0.2, 0.25) is 0 Å². The Kier molecular flexibility index (Phi) is 19.0. The van der Waals surface area contributed by atoms with E-state index in [-0.39, 0.29) is 44.6 Å². The molecule has 0 fully saturated rings. The molecule has 5 heteroatoms. The van der Waals surface area contributed by atoms with Crippen molar-refractivity contribution in [2.45, 2.75) is 183 Å². The van der Waals surface area contributed by atoms with Crippen molar-refractivity contribution >= 4 is 101 Å². The smallest absolute Gasteiger partial charge is 0.252 e. The van der Waals surface area contributed by atoms with E-state index in [2.05, 4.69) is 480 Å². The molecule has 4 nitrogen and oxygen atoms in total. The van der Waals surface area contributed by atoms with E-state index in [0.29, 0.717) is 0 Å². The molecule has 2 aliphatic rings. The molecule has 2 aliphatic heterocycles. The molecule has 0 radical (unpaired) electrons. The van der Waals surface area contributed by atoms with Crippen LogP contribution in [0, 0.1) is 0 Å². The lowest BCUT2D eigenvalue weighted by atomic mass is 9.33. The lowest BCUT2D eigenvalue weighted by molar-refractivity contribution is 0.568. The zero-order valence-electron chi connectivity index (χ0n) is 75.9. The molecule has 0 bridgehead atoms. The monoisotopic (exact) mass is 1600 g/mol. The van der Waals surface area contributed by atoms with E-state index in [0.717, 1.165) is 89.8 Å². The first kappa shape index (κ1) is 80.3. The molecule has 0 saturated heterocycles. The lowest BCUT2D eigenvalue weighted by Crippen LogP contribution is -2.61. The van der Waals surface area contributed by atoms with Gasteiger partial charge >= 0.3 is 0 Å². The third-order valence-corrected chi connectivity index (χ3v) is 26.5. The minimum atomic E-state index is -0.374. The molecule has 0 saturated carbocycles. The average molecular weight is 1600 g/mol. The Balaban J connectivity index is 1.04. The zero-order valence-corrected chi connectivity index (χ0v) is 75.9. The average Bonchev–Trinajstić information content (AvgIpc) is 1.67. The maximum Gasteiger partial charge on any atom is 0.252 e. The summed E-state index contributed by atoms with van der Waals surface area (Å²) in [4.78, 5) is 5.58. The Morgan fingerprint density at radius 1 is 0.195 bits per heavy atom. The Hall–Kier alpha value is -12.4. The Morgan fingerprint density at radius 2 is 0.447 bits per heavy atom. The first-order valence-corrected chi connectivity index (χ1v) is 44.5. The summed E-state index contributed by atoms with van der Waals surface area (Å²) in [5.41, 5.74) is 39.4. The van der Waals surface area contributed by atoms with Crippen LogP contribution in [-0.4, -0.2) is 15.8 Å². The molecule has 0 aliphatic carbocycles. The fourth-order valence-corrected chi connectivity index (χ4v) is 19.3. The summed E-state index contributed by atoms with van der Waals surface area (Å²) < 4.78 is 5.15. The number of hydrogen-bond donors (Lipinski definition) is 0. The van der Waals surface area contributed by atoms with Gasteiger partial charge in [0.05, 0.1) is 33.4 Å². The SMILES string of the molecule is CC(C)(C)c1cc(-c2ccc3c(c2)c2cc4c(cc2n3-c2ccccc2)B2c3cc5c(cc3N(c3c(-c6ccccc6)cc(C(C)(C)C)cc3-c3ccccc3)c3cc(C(C)(C)C)cc(c32)N4c2c(-c3ccccc3)cc(C(C)(C)C)cc2-c2ccccc2)c2cc(-c3cc(C(C)(C)C)cc(C(C)(C)C)c3)ccc2n5-c2ccccc2)cc(C(C)(C)C)c1. The third kappa shape index (κ3) is 14.1. The summed E-state index contributed by atoms with van der Waals surface area (Å²) in [6.45, 7) is 49.4. The summed E-state index contributed by atoms with van der Waals surface area (Å²) in [5.74, 6) is 0. The summed E-state index contributed by atoms with van der Waals surface area (Å²) in [6.07, 6.45) is 0. The van der Waals surface area contributed by atoms with E-state index < -0.39 is 0 Å². The van der Waals surface area contributed by atoms with Gasteiger partial charge in [-0.25, -0.2) is 0 Å². The number of rotatable bonds is 10. The van der Waals surface area contributed by atoms with Gasteiger partial charge < -0.3 is 18.9 Å². The van der Waals surface area contributed by atoms with Gasteiger partial charge in [0, 0.05) is 77.9 Å². The molecular formula is C118H115BN4. The second kappa shape index (κ2) is 29.1. The number of benzene rings is 15. The van der Waals surface area contributed by atoms with Crippen molar-refractivity contribution in [3.63, 3.8) is 0 Å². The highest BCUT2D eigenvalue weighted by Crippen LogP contribution is 2.57. The molecule has 4 heterocycles. The molecule has 15 aromatic carbocycles. The molecule has 0 N–H and O–H groups in total. The number of para-hydroxylation sites is 2. The number of nitrogens with zero attached hydrogens (tertiary/aromatic N) is 4. The molecular weight excluding hydrogens is 1480 g/mol. The van der Waals surface area contributed by atoms with Crippen LogP contribution in [0.15, 0.2) is 315 Å². The number of anilines is 6. The Labute approximate surface area is 730 Å². The number of aromatic nitrogens is 2. The van der Waals surface area contributed by atoms with Gasteiger partial charge in [-0.05, 0) is 247 Å². The first-order valence-electron chi connectivity index (χ1n) is 44.5. The van der Waals surface area contributed by atoms with Crippen LogP contribution in [0.25, 0.3) is 122 Å². The van der Waals surface area contributed by atoms with Crippen LogP contribution < -0.4 is 26.2 Å². The van der Waals surface area contributed by atoms with Gasteiger partial charge in [0.25, 0.3) is 6.71 Å². The topological polar surface area (TPSA) is 16.3 Å². The van der Waals surface area contributed by atoms with Crippen LogP contribution in [0.3, 0.4) is 0 Å². The Morgan fingerprint density at radius 3 is 0.724 bits per heavy atom. The van der Waals surface area contributed by atoms with Crippen molar-refractivity contribution in [2.24, 2.45) is 0 Å². The van der Waals surface area contributed by atoms with Gasteiger partial charge in [0.1, 0.15) is 0 Å². The molecule has 0 atom stereocenters. The normalized spacial score (nSPS) is 13.4. The highest BCUT2D eigenvalue weighted by atomic mass is 15.2. The van der Waals surface area contributed by atoms with Crippen LogP contribution in [0.5, 0.6) is 0 Å². The second-order valence-corrected chi connectivity index (χ2v) is 42.3. The molecule has 19 rings (SSSR count). The highest BCUT2D eigenvalue weighted by molar-refractivity contribution is 7.00. The van der Waals surface area contributed by atoms with Gasteiger partial charge in [0.15, 0.2) is 0 Å². The molecule has 123 heavy (non-hydrogen) atoms. The van der Waals surface area contributed by atoms with Crippen molar-refractivity contribution in [3.05, 3.63) is 354 Å². The summed E-state index contributed by atoms with van der Waals surface area (Å²) in [7, 11) is 0. The van der Waals surface area contributed by atoms with E-state index in [1.165, 1.54) is 121 Å². The molecule has 610 valence electrons. The van der Waals surface area contributed by atoms with Gasteiger partial charge in [0.2, 0.25) is 0 Å². The third-order valence-electron chi connectivity index (χ3n) is 26.5. The predicted octanol–water partition coefficient (Wildman–Crippen LogP) is 31.0. The number of fused-ring (bicyclic) bond motifs is 10. The minimum Gasteiger partial charge on any atom is -0.310 e. The highest BCUT2D eigenvalue weighted by Gasteiger charge is 2.48. The molecule has 0 spiro atoms. The van der Waals surface area contributed by atoms with Crippen LogP contribution in [0.4, 0.5) is 34.1 Å². The van der Waals surface area contributed by atoms with Crippen LogP contribution in [0.1, 0.15) is 184 Å².